The van der Waals surface area contributed by atoms with Crippen LogP contribution in [0, 0.1) is 0 Å². The first-order chi connectivity index (χ1) is 7.08. The summed E-state index contributed by atoms with van der Waals surface area (Å²) in [7, 11) is 0. The summed E-state index contributed by atoms with van der Waals surface area (Å²) in [6.45, 7) is 9.58. The Morgan fingerprint density at radius 2 is 0.867 bits per heavy atom. The van der Waals surface area contributed by atoms with Gasteiger partial charge < -0.3 is 14.2 Å². The molecule has 0 radical (unpaired) electrons. The molecule has 1 saturated heterocycles. The van der Waals surface area contributed by atoms with Crippen molar-refractivity contribution >= 4 is 64.7 Å². The van der Waals surface area contributed by atoms with Gasteiger partial charge in [0.2, 0.25) is 0 Å². The van der Waals surface area contributed by atoms with E-state index in [0.717, 1.165) is 19.6 Å². The van der Waals surface area contributed by atoms with Gasteiger partial charge in [-0.25, -0.2) is 0 Å². The van der Waals surface area contributed by atoms with E-state index in [2.05, 4.69) is 82.2 Å². The third-order valence-corrected chi connectivity index (χ3v) is 5.89. The summed E-state index contributed by atoms with van der Waals surface area (Å²) in [5, 5.41) is 0. The Hall–Kier alpha value is 1.51. The molecule has 0 aromatic rings. The first-order valence-corrected chi connectivity index (χ1v) is 8.02. The lowest BCUT2D eigenvalue weighted by Gasteiger charge is -2.48. The highest BCUT2D eigenvalue weighted by molar-refractivity contribution is 9.27. The highest BCUT2D eigenvalue weighted by Gasteiger charge is 2.48. The van der Waals surface area contributed by atoms with E-state index in [1.165, 1.54) is 0 Å². The number of hydrogen-bond acceptors (Lipinski definition) is 3. The van der Waals surface area contributed by atoms with Crippen LogP contribution < -0.4 is 0 Å². The lowest BCUT2D eigenvalue weighted by atomic mass is 9.73. The minimum atomic E-state index is 0.282. The maximum atomic E-state index is 3.74. The van der Waals surface area contributed by atoms with Crippen molar-refractivity contribution in [3.8, 4) is 0 Å². The van der Waals surface area contributed by atoms with E-state index >= 15 is 0 Å². The molecule has 0 aliphatic carbocycles. The molecule has 0 spiro atoms. The van der Waals surface area contributed by atoms with E-state index in [4.69, 9.17) is 0 Å². The molecule has 0 N–H and O–H groups in total. The van der Waals surface area contributed by atoms with E-state index in [1.54, 1.807) is 0 Å². The maximum absolute atomic E-state index is 3.74. The van der Waals surface area contributed by atoms with Crippen LogP contribution in [0.4, 0.5) is 0 Å². The molecule has 1 aliphatic rings. The van der Waals surface area contributed by atoms with E-state index in [-0.39, 0.29) is 17.4 Å². The molecule has 0 saturated carbocycles. The molecule has 15 heavy (non-hydrogen) atoms. The zero-order valence-electron chi connectivity index (χ0n) is 9.33. The Labute approximate surface area is 119 Å². The van der Waals surface area contributed by atoms with Crippen molar-refractivity contribution < 1.29 is 0 Å². The van der Waals surface area contributed by atoms with Crippen LogP contribution >= 0.6 is 47.3 Å². The third kappa shape index (κ3) is 2.85. The van der Waals surface area contributed by atoms with Crippen molar-refractivity contribution in [1.29, 1.82) is 0 Å². The molecule has 1 fully saturated rings. The van der Waals surface area contributed by atoms with Crippen LogP contribution in [0.5, 0.6) is 0 Å². The van der Waals surface area contributed by atoms with Gasteiger partial charge in [-0.3, -0.25) is 0 Å². The van der Waals surface area contributed by atoms with Crippen LogP contribution in [0.25, 0.3) is 0 Å². The van der Waals surface area contributed by atoms with Crippen molar-refractivity contribution in [3.05, 3.63) is 0 Å². The van der Waals surface area contributed by atoms with Crippen molar-refractivity contribution in [2.45, 2.75) is 20.8 Å². The van der Waals surface area contributed by atoms with Crippen LogP contribution in [0.3, 0.4) is 0 Å². The molecular formula is C6H15B3Br3N3. The van der Waals surface area contributed by atoms with Gasteiger partial charge in [0.25, 0.3) is 0 Å². The van der Waals surface area contributed by atoms with Crippen LogP contribution in [-0.2, 0) is 0 Å². The van der Waals surface area contributed by atoms with E-state index in [9.17, 15) is 0 Å². The quantitative estimate of drug-likeness (QED) is 0.671. The molecule has 0 unspecified atom stereocenters. The molecule has 9 heteroatoms. The topological polar surface area (TPSA) is 9.72 Å². The van der Waals surface area contributed by atoms with Crippen molar-refractivity contribution in [1.82, 2.24) is 14.2 Å². The van der Waals surface area contributed by atoms with Crippen LogP contribution in [0.15, 0.2) is 0 Å². The van der Waals surface area contributed by atoms with Crippen molar-refractivity contribution in [2.24, 2.45) is 0 Å². The van der Waals surface area contributed by atoms with Gasteiger partial charge in [0.1, 0.15) is 0 Å². The first kappa shape index (κ1) is 14.6. The predicted octanol–water partition coefficient (Wildman–Crippen LogP) is 2.11. The molecule has 0 bridgehead atoms. The summed E-state index contributed by atoms with van der Waals surface area (Å²) < 4.78 is 7.10. The molecule has 84 valence electrons. The number of nitrogens with zero attached hydrogens (tertiary/aromatic N) is 3. The number of hydrogen-bond donors (Lipinski definition) is 0. The Balaban J connectivity index is 2.87. The van der Waals surface area contributed by atoms with Gasteiger partial charge in [-0.05, 0) is 19.6 Å². The highest BCUT2D eigenvalue weighted by Crippen LogP contribution is 2.27. The fourth-order valence-corrected chi connectivity index (χ4v) is 5.81. The maximum Gasteiger partial charge on any atom is 0.371 e. The minimum Gasteiger partial charge on any atom is -0.337 e. The summed E-state index contributed by atoms with van der Waals surface area (Å²) in [5.41, 5.74) is 0. The summed E-state index contributed by atoms with van der Waals surface area (Å²) >= 11 is 11.2. The Bertz CT molecular complexity index is 168. The average molecular weight is 401 g/mol. The largest absolute Gasteiger partial charge is 0.371 e. The molecule has 1 heterocycles. The van der Waals surface area contributed by atoms with Gasteiger partial charge in [-0.2, -0.15) is 0 Å². The minimum absolute atomic E-state index is 0.282. The molecule has 3 nitrogen and oxygen atoms in total. The monoisotopic (exact) mass is 399 g/mol. The second kappa shape index (κ2) is 6.45. The lowest BCUT2D eigenvalue weighted by molar-refractivity contribution is 0.495. The van der Waals surface area contributed by atoms with Gasteiger partial charge >= 0.3 is 17.4 Å². The molecule has 0 aromatic heterocycles. The summed E-state index contributed by atoms with van der Waals surface area (Å²) in [6.07, 6.45) is 0. The SMILES string of the molecule is CCN1B(Br)N(CC)B(Br)N(CC)B1Br. The number of rotatable bonds is 3. The predicted molar refractivity (Wildman–Crippen MR) is 81.2 cm³/mol. The van der Waals surface area contributed by atoms with E-state index in [0.29, 0.717) is 0 Å². The molecular weight excluding hydrogens is 386 g/mol. The van der Waals surface area contributed by atoms with Gasteiger partial charge in [-0.1, -0.05) is 20.8 Å². The van der Waals surface area contributed by atoms with Crippen LogP contribution in [0.2, 0.25) is 0 Å². The van der Waals surface area contributed by atoms with Crippen molar-refractivity contribution in [3.63, 3.8) is 0 Å². The van der Waals surface area contributed by atoms with Gasteiger partial charge in [-0.15, -0.1) is 47.3 Å². The Kier molecular flexibility index (Phi) is 6.27. The van der Waals surface area contributed by atoms with Gasteiger partial charge in [0.15, 0.2) is 0 Å². The van der Waals surface area contributed by atoms with E-state index in [1.807, 2.05) is 0 Å². The molecule has 0 atom stereocenters. The molecule has 0 aromatic carbocycles. The fourth-order valence-electron chi connectivity index (χ4n) is 1.78. The highest BCUT2D eigenvalue weighted by atomic mass is 79.9. The normalized spacial score (nSPS) is 21.6. The Morgan fingerprint density at radius 3 is 1.00 bits per heavy atom. The number of halogens is 3. The molecule has 0 amide bonds. The smallest absolute Gasteiger partial charge is 0.337 e. The second-order valence-corrected chi connectivity index (χ2v) is 5.88. The van der Waals surface area contributed by atoms with Crippen molar-refractivity contribution in [2.75, 3.05) is 19.6 Å². The average Bonchev–Trinajstić information content (AvgIpc) is 2.19. The van der Waals surface area contributed by atoms with Crippen LogP contribution in [0.1, 0.15) is 20.8 Å². The molecule has 1 rings (SSSR count). The standard InChI is InChI=1S/C6H15B3Br3N3/c1-4-13-7(10)14(5-2)9(12)15(6-3)8(13)11/h4-6H2,1-3H3. The Morgan fingerprint density at radius 1 is 0.667 bits per heavy atom. The zero-order chi connectivity index (χ0) is 11.6. The van der Waals surface area contributed by atoms with Gasteiger partial charge in [0.05, 0.1) is 0 Å². The summed E-state index contributed by atoms with van der Waals surface area (Å²) in [6, 6.07) is 0. The first-order valence-electron chi connectivity index (χ1n) is 5.27. The second-order valence-electron chi connectivity index (χ2n) is 3.42. The summed E-state index contributed by atoms with van der Waals surface area (Å²) in [5.74, 6) is 0.845. The third-order valence-electron chi connectivity index (χ3n) is 2.74. The lowest BCUT2D eigenvalue weighted by Crippen LogP contribution is -2.72. The fraction of sp³-hybridized carbons (Fsp3) is 1.00. The molecule has 1 aliphatic heterocycles. The zero-order valence-corrected chi connectivity index (χ0v) is 14.1. The van der Waals surface area contributed by atoms with Gasteiger partial charge in [0, 0.05) is 0 Å². The van der Waals surface area contributed by atoms with E-state index < -0.39 is 0 Å². The summed E-state index contributed by atoms with van der Waals surface area (Å²) in [4.78, 5) is 0. The van der Waals surface area contributed by atoms with Crippen LogP contribution in [-0.4, -0.2) is 51.2 Å².